The molecule has 0 amide bonds. The van der Waals surface area contributed by atoms with Crippen LogP contribution >= 0.6 is 46.1 Å². The number of halogens is 3. The first kappa shape index (κ1) is 14.9. The van der Waals surface area contributed by atoms with E-state index in [4.69, 9.17) is 34.8 Å². The molecule has 0 N–H and O–H groups in total. The van der Waals surface area contributed by atoms with Crippen molar-refractivity contribution in [2.45, 2.75) is 0 Å². The predicted octanol–water partition coefficient (Wildman–Crippen LogP) is 5.48. The molecule has 4 rings (SSSR count). The van der Waals surface area contributed by atoms with Gasteiger partial charge in [0.1, 0.15) is 5.01 Å². The Kier molecular flexibility index (Phi) is 3.73. The second kappa shape index (κ2) is 5.76. The summed E-state index contributed by atoms with van der Waals surface area (Å²) in [6.45, 7) is 0. The molecule has 4 nitrogen and oxygen atoms in total. The minimum atomic E-state index is 0.507. The lowest BCUT2D eigenvalue weighted by Gasteiger charge is -2.01. The highest BCUT2D eigenvalue weighted by molar-refractivity contribution is 7.19. The Balaban J connectivity index is 1.85. The van der Waals surface area contributed by atoms with E-state index < -0.39 is 0 Å². The van der Waals surface area contributed by atoms with E-state index in [2.05, 4.69) is 15.3 Å². The molecule has 0 bridgehead atoms. The summed E-state index contributed by atoms with van der Waals surface area (Å²) in [6.07, 6.45) is 0. The maximum Gasteiger partial charge on any atom is 0.235 e. The zero-order valence-electron chi connectivity index (χ0n) is 11.4. The SMILES string of the molecule is Clc1ccc(-c2nn3c(-c4ccc(Cl)cc4Cl)nnc3s2)cc1. The first-order chi connectivity index (χ1) is 11.1. The third-order valence-electron chi connectivity index (χ3n) is 3.25. The van der Waals surface area contributed by atoms with Crippen molar-refractivity contribution in [2.75, 3.05) is 0 Å². The molecule has 4 aromatic rings. The van der Waals surface area contributed by atoms with Crippen LogP contribution in [-0.4, -0.2) is 19.8 Å². The van der Waals surface area contributed by atoms with Gasteiger partial charge in [-0.05, 0) is 30.3 Å². The number of benzene rings is 2. The third kappa shape index (κ3) is 2.70. The van der Waals surface area contributed by atoms with Crippen molar-refractivity contribution in [3.8, 4) is 22.0 Å². The average molecular weight is 382 g/mol. The lowest BCUT2D eigenvalue weighted by atomic mass is 10.2. The van der Waals surface area contributed by atoms with Crippen molar-refractivity contribution < 1.29 is 0 Å². The highest BCUT2D eigenvalue weighted by Gasteiger charge is 2.16. The normalized spacial score (nSPS) is 11.3. The summed E-state index contributed by atoms with van der Waals surface area (Å²) in [5.41, 5.74) is 1.70. The van der Waals surface area contributed by atoms with Gasteiger partial charge in [-0.25, -0.2) is 0 Å². The summed E-state index contributed by atoms with van der Waals surface area (Å²) in [4.78, 5) is 0.691. The van der Waals surface area contributed by atoms with E-state index in [0.29, 0.717) is 25.9 Å². The zero-order chi connectivity index (χ0) is 16.0. The van der Waals surface area contributed by atoms with Gasteiger partial charge in [-0.3, -0.25) is 0 Å². The number of hydrogen-bond acceptors (Lipinski definition) is 4. The molecule has 2 aromatic heterocycles. The zero-order valence-corrected chi connectivity index (χ0v) is 14.5. The molecule has 0 aliphatic rings. The Labute approximate surface area is 150 Å². The molecule has 0 atom stereocenters. The van der Waals surface area contributed by atoms with Crippen LogP contribution in [0.5, 0.6) is 0 Å². The highest BCUT2D eigenvalue weighted by Crippen LogP contribution is 2.32. The van der Waals surface area contributed by atoms with Gasteiger partial charge in [0.05, 0.1) is 5.02 Å². The fourth-order valence-electron chi connectivity index (χ4n) is 2.16. The van der Waals surface area contributed by atoms with E-state index in [1.807, 2.05) is 30.3 Å². The molecule has 8 heteroatoms. The second-order valence-corrected chi connectivity index (χ2v) is 6.99. The highest BCUT2D eigenvalue weighted by atomic mass is 35.5. The van der Waals surface area contributed by atoms with Crippen LogP contribution in [0, 0.1) is 0 Å². The maximum absolute atomic E-state index is 6.26. The second-order valence-electron chi connectivity index (χ2n) is 4.76. The Morgan fingerprint density at radius 2 is 1.61 bits per heavy atom. The number of fused-ring (bicyclic) bond motifs is 1. The van der Waals surface area contributed by atoms with Gasteiger partial charge in [0, 0.05) is 21.2 Å². The molecule has 0 aliphatic heterocycles. The van der Waals surface area contributed by atoms with E-state index in [9.17, 15) is 0 Å². The molecular weight excluding hydrogens is 375 g/mol. The standard InChI is InChI=1S/C15H7Cl3N4S/c16-9-3-1-8(2-4-9)14-21-22-13(19-20-15(22)23-14)11-6-5-10(17)7-12(11)18/h1-7H. The molecule has 0 saturated carbocycles. The van der Waals surface area contributed by atoms with Gasteiger partial charge in [0.15, 0.2) is 5.82 Å². The maximum atomic E-state index is 6.26. The van der Waals surface area contributed by atoms with Crippen molar-refractivity contribution >= 4 is 51.1 Å². The number of aromatic nitrogens is 4. The number of hydrogen-bond donors (Lipinski definition) is 0. The van der Waals surface area contributed by atoms with E-state index >= 15 is 0 Å². The molecule has 23 heavy (non-hydrogen) atoms. The van der Waals surface area contributed by atoms with Crippen LogP contribution in [-0.2, 0) is 0 Å². The van der Waals surface area contributed by atoms with Gasteiger partial charge < -0.3 is 0 Å². The molecule has 0 radical (unpaired) electrons. The van der Waals surface area contributed by atoms with Crippen LogP contribution in [0.15, 0.2) is 42.5 Å². The van der Waals surface area contributed by atoms with Crippen molar-refractivity contribution in [3.63, 3.8) is 0 Å². The first-order valence-corrected chi connectivity index (χ1v) is 8.50. The monoisotopic (exact) mass is 380 g/mol. The van der Waals surface area contributed by atoms with Crippen LogP contribution in [0.25, 0.3) is 26.9 Å². The summed E-state index contributed by atoms with van der Waals surface area (Å²) in [7, 11) is 0. The topological polar surface area (TPSA) is 43.1 Å². The number of nitrogens with zero attached hydrogens (tertiary/aromatic N) is 4. The van der Waals surface area contributed by atoms with Gasteiger partial charge in [-0.2, -0.15) is 9.61 Å². The predicted molar refractivity (Wildman–Crippen MR) is 94.6 cm³/mol. The minimum Gasteiger partial charge on any atom is -0.182 e. The summed E-state index contributed by atoms with van der Waals surface area (Å²) in [6, 6.07) is 12.7. The van der Waals surface area contributed by atoms with E-state index in [1.165, 1.54) is 11.3 Å². The fourth-order valence-corrected chi connectivity index (χ4v) is 3.63. The van der Waals surface area contributed by atoms with Crippen molar-refractivity contribution in [2.24, 2.45) is 0 Å². The van der Waals surface area contributed by atoms with Crippen molar-refractivity contribution in [1.82, 2.24) is 19.8 Å². The minimum absolute atomic E-state index is 0.507. The van der Waals surface area contributed by atoms with Gasteiger partial charge in [0.25, 0.3) is 0 Å². The third-order valence-corrected chi connectivity index (χ3v) is 5.00. The average Bonchev–Trinajstić information content (AvgIpc) is 3.09. The summed E-state index contributed by atoms with van der Waals surface area (Å²) < 4.78 is 1.68. The molecule has 0 unspecified atom stereocenters. The smallest absolute Gasteiger partial charge is 0.182 e. The van der Waals surface area contributed by atoms with Crippen LogP contribution < -0.4 is 0 Å². The first-order valence-electron chi connectivity index (χ1n) is 6.55. The van der Waals surface area contributed by atoms with Crippen molar-refractivity contribution in [1.29, 1.82) is 0 Å². The molecule has 0 aliphatic carbocycles. The van der Waals surface area contributed by atoms with Crippen molar-refractivity contribution in [3.05, 3.63) is 57.5 Å². The summed E-state index contributed by atoms with van der Waals surface area (Å²) >= 11 is 19.6. The van der Waals surface area contributed by atoms with E-state index in [0.717, 1.165) is 16.1 Å². The van der Waals surface area contributed by atoms with Gasteiger partial charge in [0.2, 0.25) is 4.96 Å². The lowest BCUT2D eigenvalue weighted by molar-refractivity contribution is 0.971. The molecule has 2 aromatic carbocycles. The molecule has 0 spiro atoms. The van der Waals surface area contributed by atoms with Gasteiger partial charge >= 0.3 is 0 Å². The van der Waals surface area contributed by atoms with Crippen LogP contribution in [0.3, 0.4) is 0 Å². The van der Waals surface area contributed by atoms with E-state index in [1.54, 1.807) is 16.6 Å². The largest absolute Gasteiger partial charge is 0.235 e. The molecule has 0 saturated heterocycles. The van der Waals surface area contributed by atoms with E-state index in [-0.39, 0.29) is 0 Å². The summed E-state index contributed by atoms with van der Waals surface area (Å²) in [5, 5.41) is 15.5. The van der Waals surface area contributed by atoms with Crippen LogP contribution in [0.2, 0.25) is 15.1 Å². The van der Waals surface area contributed by atoms with Crippen LogP contribution in [0.1, 0.15) is 0 Å². The van der Waals surface area contributed by atoms with Gasteiger partial charge in [-0.15, -0.1) is 10.2 Å². The Hall–Kier alpha value is -1.66. The Morgan fingerprint density at radius 3 is 2.35 bits per heavy atom. The molecule has 2 heterocycles. The fraction of sp³-hybridized carbons (Fsp3) is 0. The molecule has 114 valence electrons. The quantitative estimate of drug-likeness (QED) is 0.462. The van der Waals surface area contributed by atoms with Gasteiger partial charge in [-0.1, -0.05) is 58.3 Å². The Bertz CT molecular complexity index is 1010. The Morgan fingerprint density at radius 1 is 0.870 bits per heavy atom. The van der Waals surface area contributed by atoms with Crippen LogP contribution in [0.4, 0.5) is 0 Å². The number of rotatable bonds is 2. The molecule has 0 fully saturated rings. The summed E-state index contributed by atoms with van der Waals surface area (Å²) in [5.74, 6) is 0.582. The lowest BCUT2D eigenvalue weighted by Crippen LogP contribution is -1.91. The molecular formula is C15H7Cl3N4S.